The lowest BCUT2D eigenvalue weighted by Crippen LogP contribution is -2.14. The van der Waals surface area contributed by atoms with E-state index in [-0.39, 0.29) is 10.8 Å². The van der Waals surface area contributed by atoms with Crippen LogP contribution in [0.25, 0.3) is 77.2 Å². The molecule has 0 N–H and O–H groups in total. The molecule has 0 fully saturated rings. The Kier molecular flexibility index (Phi) is 6.29. The molecule has 0 unspecified atom stereocenters. The highest BCUT2D eigenvalue weighted by molar-refractivity contribution is 6.22. The first kappa shape index (κ1) is 30.1. The SMILES string of the molecule is Cc1ccc2c(-c3ccccc3-c3ccc4c(c3)C(C)(C)c3ccccc3-4)c3ccccc3c(-c3ccc4c(c3)C(C)(C)c3ccccc3-4)c2c1. The van der Waals surface area contributed by atoms with Gasteiger partial charge in [-0.2, -0.15) is 0 Å². The highest BCUT2D eigenvalue weighted by atomic mass is 14.4. The fourth-order valence-electron chi connectivity index (χ4n) is 9.58. The van der Waals surface area contributed by atoms with Gasteiger partial charge in [-0.25, -0.2) is 0 Å². The molecule has 0 bridgehead atoms. The van der Waals surface area contributed by atoms with Gasteiger partial charge in [-0.15, -0.1) is 0 Å². The van der Waals surface area contributed by atoms with Gasteiger partial charge in [-0.05, 0) is 118 Å². The molecule has 0 aromatic heterocycles. The zero-order chi connectivity index (χ0) is 34.6. The Morgan fingerprint density at radius 2 is 0.765 bits per heavy atom. The van der Waals surface area contributed by atoms with Crippen molar-refractivity contribution in [1.82, 2.24) is 0 Å². The molecule has 51 heavy (non-hydrogen) atoms. The quantitative estimate of drug-likeness (QED) is 0.167. The summed E-state index contributed by atoms with van der Waals surface area (Å²) in [5, 5.41) is 5.17. The molecule has 0 heteroatoms. The molecule has 244 valence electrons. The standard InChI is InChI=1S/C51H40/c1-31-22-25-42-43(28-31)48(33-24-27-38-36-16-11-13-21-45(36)51(4,5)47(38)30-33)40-18-8-9-19-41(40)49(42)39-17-7-6-14-34(39)32-23-26-37-35-15-10-12-20-44(35)50(2,3)46(37)29-32/h6-30H,1-5H3. The van der Waals surface area contributed by atoms with Gasteiger partial charge in [0.05, 0.1) is 0 Å². The third-order valence-corrected chi connectivity index (χ3v) is 12.1. The van der Waals surface area contributed by atoms with Crippen molar-refractivity contribution in [1.29, 1.82) is 0 Å². The number of rotatable bonds is 3. The summed E-state index contributed by atoms with van der Waals surface area (Å²) >= 11 is 0. The molecule has 0 nitrogen and oxygen atoms in total. The Morgan fingerprint density at radius 1 is 0.314 bits per heavy atom. The molecular weight excluding hydrogens is 613 g/mol. The molecule has 0 spiro atoms. The van der Waals surface area contributed by atoms with Gasteiger partial charge in [0.15, 0.2) is 0 Å². The zero-order valence-corrected chi connectivity index (χ0v) is 29.9. The van der Waals surface area contributed by atoms with Crippen LogP contribution in [-0.4, -0.2) is 0 Å². The summed E-state index contributed by atoms with van der Waals surface area (Å²) in [6.45, 7) is 11.7. The van der Waals surface area contributed by atoms with E-state index in [1.165, 1.54) is 105 Å². The Hall–Kier alpha value is -5.72. The molecular formula is C51H40. The first-order valence-corrected chi connectivity index (χ1v) is 18.3. The minimum Gasteiger partial charge on any atom is -0.0619 e. The fraction of sp³-hybridized carbons (Fsp3) is 0.137. The maximum absolute atomic E-state index is 2.48. The third kappa shape index (κ3) is 4.20. The Labute approximate surface area is 301 Å². The van der Waals surface area contributed by atoms with E-state index < -0.39 is 0 Å². The van der Waals surface area contributed by atoms with Crippen LogP contribution in [0.15, 0.2) is 152 Å². The predicted molar refractivity (Wildman–Crippen MR) is 218 cm³/mol. The van der Waals surface area contributed by atoms with E-state index in [9.17, 15) is 0 Å². The van der Waals surface area contributed by atoms with Crippen molar-refractivity contribution in [3.8, 4) is 55.6 Å². The first-order valence-electron chi connectivity index (χ1n) is 18.3. The summed E-state index contributed by atoms with van der Waals surface area (Å²) in [5.74, 6) is 0. The van der Waals surface area contributed by atoms with Gasteiger partial charge >= 0.3 is 0 Å². The Morgan fingerprint density at radius 3 is 1.39 bits per heavy atom. The molecule has 0 amide bonds. The van der Waals surface area contributed by atoms with Gasteiger partial charge in [0, 0.05) is 10.8 Å². The molecule has 8 aromatic carbocycles. The van der Waals surface area contributed by atoms with Crippen LogP contribution in [0.2, 0.25) is 0 Å². The largest absolute Gasteiger partial charge is 0.0619 e. The maximum atomic E-state index is 2.48. The molecule has 2 aliphatic rings. The van der Waals surface area contributed by atoms with Gasteiger partial charge in [-0.3, -0.25) is 0 Å². The van der Waals surface area contributed by atoms with Crippen LogP contribution in [0.3, 0.4) is 0 Å². The molecule has 8 aromatic rings. The lowest BCUT2D eigenvalue weighted by Gasteiger charge is -2.24. The fourth-order valence-corrected chi connectivity index (χ4v) is 9.58. The van der Waals surface area contributed by atoms with E-state index in [1.807, 2.05) is 0 Å². The minimum absolute atomic E-state index is 0.0543. The zero-order valence-electron chi connectivity index (χ0n) is 29.9. The second kappa shape index (κ2) is 10.6. The van der Waals surface area contributed by atoms with E-state index in [4.69, 9.17) is 0 Å². The Balaban J connectivity index is 1.22. The summed E-state index contributed by atoms with van der Waals surface area (Å²) in [6.07, 6.45) is 0. The van der Waals surface area contributed by atoms with Gasteiger partial charge in [0.1, 0.15) is 0 Å². The van der Waals surface area contributed by atoms with Crippen LogP contribution in [0.4, 0.5) is 0 Å². The van der Waals surface area contributed by atoms with Gasteiger partial charge in [-0.1, -0.05) is 173 Å². The average molecular weight is 653 g/mol. The van der Waals surface area contributed by atoms with Crippen LogP contribution in [0.1, 0.15) is 55.5 Å². The normalized spacial score (nSPS) is 14.7. The number of aryl methyl sites for hydroxylation is 1. The predicted octanol–water partition coefficient (Wildman–Crippen LogP) is 13.9. The number of benzene rings is 8. The van der Waals surface area contributed by atoms with Gasteiger partial charge < -0.3 is 0 Å². The smallest absolute Gasteiger partial charge is 0.0159 e. The molecule has 0 aliphatic heterocycles. The van der Waals surface area contributed by atoms with Crippen molar-refractivity contribution in [2.45, 2.75) is 45.4 Å². The molecule has 0 saturated heterocycles. The average Bonchev–Trinajstić information content (AvgIpc) is 3.53. The second-order valence-electron chi connectivity index (χ2n) is 15.8. The minimum atomic E-state index is -0.0614. The molecule has 2 aliphatic carbocycles. The van der Waals surface area contributed by atoms with E-state index in [2.05, 4.69) is 186 Å². The van der Waals surface area contributed by atoms with E-state index >= 15 is 0 Å². The van der Waals surface area contributed by atoms with Crippen LogP contribution in [0.5, 0.6) is 0 Å². The van der Waals surface area contributed by atoms with Crippen LogP contribution in [0, 0.1) is 6.92 Å². The topological polar surface area (TPSA) is 0 Å². The van der Waals surface area contributed by atoms with Crippen molar-refractivity contribution < 1.29 is 0 Å². The summed E-state index contributed by atoms with van der Waals surface area (Å²) in [5.41, 5.74) is 19.9. The monoisotopic (exact) mass is 652 g/mol. The summed E-state index contributed by atoms with van der Waals surface area (Å²) in [7, 11) is 0. The van der Waals surface area contributed by atoms with Gasteiger partial charge in [0.25, 0.3) is 0 Å². The maximum Gasteiger partial charge on any atom is 0.0159 e. The van der Waals surface area contributed by atoms with E-state index in [1.54, 1.807) is 0 Å². The van der Waals surface area contributed by atoms with Crippen molar-refractivity contribution in [2.75, 3.05) is 0 Å². The highest BCUT2D eigenvalue weighted by Crippen LogP contribution is 2.53. The summed E-state index contributed by atoms with van der Waals surface area (Å²) in [6, 6.07) is 57.4. The Bertz CT molecular complexity index is 2750. The molecule has 10 rings (SSSR count). The summed E-state index contributed by atoms with van der Waals surface area (Å²) < 4.78 is 0. The first-order chi connectivity index (χ1) is 24.7. The van der Waals surface area contributed by atoms with Crippen molar-refractivity contribution >= 4 is 21.5 Å². The molecule has 0 atom stereocenters. The molecule has 0 radical (unpaired) electrons. The van der Waals surface area contributed by atoms with Crippen molar-refractivity contribution in [2.24, 2.45) is 0 Å². The van der Waals surface area contributed by atoms with E-state index in [0.717, 1.165) is 0 Å². The van der Waals surface area contributed by atoms with Crippen molar-refractivity contribution in [3.05, 3.63) is 179 Å². The van der Waals surface area contributed by atoms with Gasteiger partial charge in [0.2, 0.25) is 0 Å². The third-order valence-electron chi connectivity index (χ3n) is 12.1. The highest BCUT2D eigenvalue weighted by Gasteiger charge is 2.37. The van der Waals surface area contributed by atoms with E-state index in [0.29, 0.717) is 0 Å². The number of fused-ring (bicyclic) bond motifs is 8. The molecule has 0 heterocycles. The van der Waals surface area contributed by atoms with Crippen LogP contribution in [-0.2, 0) is 10.8 Å². The number of hydrogen-bond acceptors (Lipinski definition) is 0. The second-order valence-corrected chi connectivity index (χ2v) is 15.8. The van der Waals surface area contributed by atoms with Crippen molar-refractivity contribution in [3.63, 3.8) is 0 Å². The number of hydrogen-bond donors (Lipinski definition) is 0. The summed E-state index contributed by atoms with van der Waals surface area (Å²) in [4.78, 5) is 0. The lowest BCUT2D eigenvalue weighted by molar-refractivity contribution is 0.660. The van der Waals surface area contributed by atoms with Crippen LogP contribution < -0.4 is 0 Å². The van der Waals surface area contributed by atoms with Crippen LogP contribution >= 0.6 is 0 Å². The molecule has 0 saturated carbocycles. The lowest BCUT2D eigenvalue weighted by atomic mass is 9.79.